The fourth-order valence-corrected chi connectivity index (χ4v) is 3.70. The Kier molecular flexibility index (Phi) is 28.6. The quantitative estimate of drug-likeness (QED) is 0.0155. The van der Waals surface area contributed by atoms with Gasteiger partial charge in [-0.15, -0.1) is 5.10 Å². The maximum absolute atomic E-state index is 12.6. The van der Waals surface area contributed by atoms with Crippen molar-refractivity contribution in [1.82, 2.24) is 20.3 Å². The van der Waals surface area contributed by atoms with Crippen LogP contribution in [0.1, 0.15) is 17.7 Å². The minimum Gasteiger partial charge on any atom is -0.745 e. The summed E-state index contributed by atoms with van der Waals surface area (Å²) in [5.74, 6) is -0.466. The fourth-order valence-electron chi connectivity index (χ4n) is 3.18. The van der Waals surface area contributed by atoms with Crippen LogP contribution in [-0.4, -0.2) is 47.3 Å². The van der Waals surface area contributed by atoms with Gasteiger partial charge in [0.25, 0.3) is 0 Å². The number of rotatable bonds is 33. The number of amides is 1. The van der Waals surface area contributed by atoms with Crippen molar-refractivity contribution in [1.29, 1.82) is 11.1 Å². The van der Waals surface area contributed by atoms with Gasteiger partial charge in [0.15, 0.2) is 0 Å². The number of carbonyl (C=O) groups excluding carboxylic acids is 1. The number of hydrogen-bond donors (Lipinski definition) is 3. The van der Waals surface area contributed by atoms with E-state index in [0.29, 0.717) is 16.9 Å². The number of benzene rings is 1. The first-order valence-electron chi connectivity index (χ1n) is 16.2. The van der Waals surface area contributed by atoms with Gasteiger partial charge in [-0.2, -0.15) is 11.1 Å². The van der Waals surface area contributed by atoms with E-state index in [0.717, 1.165) is 0 Å². The fraction of sp³-hybridized carbons (Fsp3) is 0.438. The lowest BCUT2D eigenvalue weighted by molar-refractivity contribution is -0.226. The van der Waals surface area contributed by atoms with Crippen molar-refractivity contribution in [2.75, 3.05) is 26.4 Å². The summed E-state index contributed by atoms with van der Waals surface area (Å²) in [6.07, 6.45) is 1.39. The molecule has 0 aliphatic rings. The molecule has 2 aromatic rings. The van der Waals surface area contributed by atoms with Crippen LogP contribution in [0.5, 0.6) is 0 Å². The lowest BCUT2D eigenvalue weighted by Gasteiger charge is -2.18. The third-order valence-electron chi connectivity index (χ3n) is 5.23. The number of nitrogens with zero attached hydrogens (tertiary/aromatic N) is 40. The van der Waals surface area contributed by atoms with Crippen molar-refractivity contribution in [2.45, 2.75) is 19.4 Å². The molecular formula is C16H21N43O7P-. The molecule has 1 amide bonds. The van der Waals surface area contributed by atoms with Gasteiger partial charge in [0, 0.05) is 106 Å². The third-order valence-corrected chi connectivity index (χ3v) is 6.00. The molecule has 1 atom stereocenters. The number of azide groups is 1. The predicted molar refractivity (Wildman–Crippen MR) is 190 cm³/mol. The Bertz CT molecular complexity index is 2420. The first kappa shape index (κ1) is 52.8. The van der Waals surface area contributed by atoms with E-state index >= 15 is 0 Å². The van der Waals surface area contributed by atoms with Crippen LogP contribution in [-0.2, 0) is 41.1 Å². The monoisotopic (exact) mass is 958 g/mol. The minimum absolute atomic E-state index is 0.00494. The van der Waals surface area contributed by atoms with Gasteiger partial charge in [-0.1, -0.05) is 10.3 Å². The van der Waals surface area contributed by atoms with Crippen molar-refractivity contribution in [3.05, 3.63) is 46.1 Å². The van der Waals surface area contributed by atoms with Gasteiger partial charge in [-0.3, -0.25) is 9.36 Å². The zero-order valence-electron chi connectivity index (χ0n) is 32.5. The SMILES string of the molecule is [N-]=[N+]=Nc1cc(CC(=O)NCCCOP(=O)([O-])O\N=N/N=N/N=N/N=N/N=N/N=N/N=N/N=N/N=N)cc(-n2cc(COCCO/N=N/N=N/N=N/N=N/N=N/N=N/N=N/N=N/N=N)nn2)c1. The molecule has 67 heavy (non-hydrogen) atoms. The van der Waals surface area contributed by atoms with Gasteiger partial charge in [0.1, 0.15) is 12.3 Å². The summed E-state index contributed by atoms with van der Waals surface area (Å²) in [5, 5.41) is 115. The molecule has 0 saturated heterocycles. The van der Waals surface area contributed by atoms with E-state index in [1.165, 1.54) is 23.0 Å². The standard InChI is InChI=1S/C16H22N43O7P/c17-23-21-13-6-12(8-16(60)20-2-1-3-65-67(61,62)66-58-55-53-51-49-47-45-43-41-39-37-35-33-31-29-27-25-19)7-15(9-13)59-10-14(22-56-59)11-63-4-5-64-57-54-52-50-48-46-44-42-40-38-36-34-32-30-28-26-24-18/h6-7,9-10,18-19H,1-5,8,11H2,(H,20,60)(H,61,62)/p-1/b24-18?,25-19?,28-26+,29-27+,32-30+,33-31+,36-34+,37-35+,40-38+,41-39+,44-42+,45-43+,48-46+,49-47+,52-50+,53-51+,57-54+,58-55-. The largest absolute Gasteiger partial charge is 0.745 e. The van der Waals surface area contributed by atoms with E-state index in [9.17, 15) is 14.3 Å². The molecule has 0 fully saturated rings. The van der Waals surface area contributed by atoms with Gasteiger partial charge in [0.05, 0.1) is 43.4 Å². The summed E-state index contributed by atoms with van der Waals surface area (Å²) in [5.41, 5.74) is 23.0. The minimum atomic E-state index is -4.96. The van der Waals surface area contributed by atoms with E-state index in [4.69, 9.17) is 26.2 Å². The van der Waals surface area contributed by atoms with Crippen LogP contribution < -0.4 is 10.2 Å². The van der Waals surface area contributed by atoms with Crippen molar-refractivity contribution in [3.63, 3.8) is 0 Å². The molecule has 1 heterocycles. The Balaban J connectivity index is 1.68. The van der Waals surface area contributed by atoms with E-state index in [1.54, 1.807) is 6.07 Å². The summed E-state index contributed by atoms with van der Waals surface area (Å²) in [7, 11) is -4.96. The molecule has 0 radical (unpaired) electrons. The number of carbonyl (C=O) groups is 1. The molecule has 50 nitrogen and oxygen atoms in total. The van der Waals surface area contributed by atoms with Gasteiger partial charge >= 0.3 is 7.82 Å². The average molecular weight is 959 g/mol. The Labute approximate surface area is 364 Å². The number of hydrogen-bond acceptors (Lipinski definition) is 14. The van der Waals surface area contributed by atoms with Gasteiger partial charge in [0.2, 0.25) is 5.91 Å². The van der Waals surface area contributed by atoms with Gasteiger partial charge in [-0.05, 0) is 119 Å². The molecule has 0 aliphatic carbocycles. The molecule has 348 valence electrons. The van der Waals surface area contributed by atoms with Crippen LogP contribution in [0.15, 0.2) is 207 Å². The first-order valence-corrected chi connectivity index (χ1v) is 17.7. The highest BCUT2D eigenvalue weighted by Crippen LogP contribution is 2.38. The lowest BCUT2D eigenvalue weighted by atomic mass is 10.1. The molecule has 1 aromatic heterocycles. The first-order chi connectivity index (χ1) is 32.9. The number of phosphoric ester groups is 1. The van der Waals surface area contributed by atoms with Crippen LogP contribution in [0.3, 0.4) is 0 Å². The Hall–Kier alpha value is -10.3. The highest BCUT2D eigenvalue weighted by atomic mass is 31.2. The Morgan fingerprint density at radius 1 is 0.687 bits per heavy atom. The summed E-state index contributed by atoms with van der Waals surface area (Å²) >= 11 is 0. The van der Waals surface area contributed by atoms with Crippen molar-refractivity contribution < 1.29 is 33.0 Å². The third kappa shape index (κ3) is 29.5. The van der Waals surface area contributed by atoms with E-state index < -0.39 is 20.3 Å². The molecule has 0 saturated carbocycles. The molecular weight excluding hydrogens is 937 g/mol. The summed E-state index contributed by atoms with van der Waals surface area (Å²) in [6, 6.07) is 4.59. The maximum atomic E-state index is 12.6. The van der Waals surface area contributed by atoms with Crippen molar-refractivity contribution in [2.24, 2.45) is 183 Å². The summed E-state index contributed by atoms with van der Waals surface area (Å²) < 4.78 is 27.3. The topological polar surface area (TPSA) is 654 Å². The number of nitrogens with one attached hydrogen (secondary N) is 3. The number of aromatic nitrogens is 3. The number of ether oxygens (including phenoxy) is 1. The molecule has 1 unspecified atom stereocenters. The zero-order chi connectivity index (χ0) is 48.1. The second-order valence-electron chi connectivity index (χ2n) is 9.38. The highest BCUT2D eigenvalue weighted by molar-refractivity contribution is 7.45. The molecule has 0 aliphatic heterocycles. The van der Waals surface area contributed by atoms with Crippen LogP contribution in [0.4, 0.5) is 5.69 Å². The van der Waals surface area contributed by atoms with Gasteiger partial charge < -0.3 is 28.9 Å². The predicted octanol–water partition coefficient (Wildman–Crippen LogP) is 8.06. The molecule has 0 bridgehead atoms. The van der Waals surface area contributed by atoms with Crippen molar-refractivity contribution >= 4 is 19.4 Å². The lowest BCUT2D eigenvalue weighted by Crippen LogP contribution is -2.27. The van der Waals surface area contributed by atoms with Crippen LogP contribution in [0.25, 0.3) is 16.1 Å². The Morgan fingerprint density at radius 2 is 1.18 bits per heavy atom. The summed E-state index contributed by atoms with van der Waals surface area (Å²) in [4.78, 5) is 32.0. The van der Waals surface area contributed by atoms with Gasteiger partial charge in [-0.25, -0.2) is 4.68 Å². The molecule has 2 rings (SSSR count). The summed E-state index contributed by atoms with van der Waals surface area (Å²) in [6.45, 7) is -0.394. The second kappa shape index (κ2) is 36.3. The normalized spacial score (nSPS) is 14.0. The van der Waals surface area contributed by atoms with E-state index in [-0.39, 0.29) is 44.9 Å². The van der Waals surface area contributed by atoms with E-state index in [2.05, 4.69) is 213 Å². The van der Waals surface area contributed by atoms with Crippen LogP contribution in [0, 0.1) is 11.1 Å². The van der Waals surface area contributed by atoms with Crippen LogP contribution in [0.2, 0.25) is 0 Å². The molecule has 0 spiro atoms. The molecule has 3 N–H and O–H groups in total. The Morgan fingerprint density at radius 3 is 1.69 bits per heavy atom. The molecule has 1 aromatic carbocycles. The maximum Gasteiger partial charge on any atom is 0.345 e. The molecule has 51 heteroatoms. The zero-order valence-corrected chi connectivity index (χ0v) is 33.3. The van der Waals surface area contributed by atoms with Crippen LogP contribution >= 0.6 is 7.82 Å². The smallest absolute Gasteiger partial charge is 0.345 e. The second-order valence-corrected chi connectivity index (χ2v) is 10.7. The van der Waals surface area contributed by atoms with E-state index in [1.807, 2.05) is 0 Å². The highest BCUT2D eigenvalue weighted by Gasteiger charge is 2.12. The number of phosphoric acid groups is 1. The van der Waals surface area contributed by atoms with Crippen molar-refractivity contribution in [3.8, 4) is 5.69 Å². The average Bonchev–Trinajstić information content (AvgIpc) is 3.79.